The zero-order valence-electron chi connectivity index (χ0n) is 20.4. The van der Waals surface area contributed by atoms with Gasteiger partial charge in [-0.25, -0.2) is 18.4 Å². The van der Waals surface area contributed by atoms with E-state index >= 15 is 0 Å². The standard InChI is InChI=1S/C25H31N5O4S/c1-14-26-22-18(12-21(29-23(22)27-14)30-24(31)15-5-6-15)28-17-8-7-16(11-20(17)35(4,32)33)19-9-10-25(2,3)13-34-19/h7-8,11-12,15,19H,5-6,9-10,13H2,1-4H3,(H3,26,27,28,29,30,31). The Bertz CT molecular complexity index is 1400. The molecule has 1 atom stereocenters. The molecule has 5 rings (SSSR count). The fourth-order valence-electron chi connectivity index (χ4n) is 4.40. The van der Waals surface area contributed by atoms with Gasteiger partial charge in [0.15, 0.2) is 15.5 Å². The predicted molar refractivity (Wildman–Crippen MR) is 135 cm³/mol. The zero-order chi connectivity index (χ0) is 25.0. The summed E-state index contributed by atoms with van der Waals surface area (Å²) in [5, 5.41) is 6.11. The van der Waals surface area contributed by atoms with Gasteiger partial charge in [0.25, 0.3) is 0 Å². The van der Waals surface area contributed by atoms with Crippen LogP contribution in [0.15, 0.2) is 29.2 Å². The van der Waals surface area contributed by atoms with Crippen molar-refractivity contribution >= 4 is 44.1 Å². The minimum atomic E-state index is -3.55. The van der Waals surface area contributed by atoms with Crippen molar-refractivity contribution in [2.24, 2.45) is 11.3 Å². The Hall–Kier alpha value is -2.98. The molecule has 1 aliphatic carbocycles. The molecule has 35 heavy (non-hydrogen) atoms. The summed E-state index contributed by atoms with van der Waals surface area (Å²) in [4.78, 5) is 24.6. The van der Waals surface area contributed by atoms with Crippen LogP contribution in [0.1, 0.15) is 57.0 Å². The highest BCUT2D eigenvalue weighted by atomic mass is 32.2. The average Bonchev–Trinajstić information content (AvgIpc) is 3.55. The Kier molecular flexibility index (Phi) is 5.83. The van der Waals surface area contributed by atoms with Crippen LogP contribution in [0, 0.1) is 18.3 Å². The number of benzene rings is 1. The van der Waals surface area contributed by atoms with Gasteiger partial charge in [0.05, 0.1) is 29.0 Å². The topological polar surface area (TPSA) is 126 Å². The summed E-state index contributed by atoms with van der Waals surface area (Å²) in [5.41, 5.74) is 3.03. The Labute approximate surface area is 205 Å². The number of sulfone groups is 1. The van der Waals surface area contributed by atoms with Crippen molar-refractivity contribution in [3.8, 4) is 0 Å². The van der Waals surface area contributed by atoms with Gasteiger partial charge in [-0.2, -0.15) is 0 Å². The van der Waals surface area contributed by atoms with E-state index in [9.17, 15) is 13.2 Å². The highest BCUT2D eigenvalue weighted by Gasteiger charge is 2.31. The van der Waals surface area contributed by atoms with Crippen molar-refractivity contribution in [2.45, 2.75) is 57.5 Å². The van der Waals surface area contributed by atoms with Crippen molar-refractivity contribution in [3.63, 3.8) is 0 Å². The number of aromatic nitrogens is 3. The summed E-state index contributed by atoms with van der Waals surface area (Å²) >= 11 is 0. The number of anilines is 3. The van der Waals surface area contributed by atoms with E-state index in [1.807, 2.05) is 13.0 Å². The van der Waals surface area contributed by atoms with Crippen LogP contribution in [0.25, 0.3) is 11.2 Å². The van der Waals surface area contributed by atoms with Gasteiger partial charge in [-0.05, 0) is 55.7 Å². The van der Waals surface area contributed by atoms with Crippen LogP contribution in [-0.4, -0.2) is 42.1 Å². The van der Waals surface area contributed by atoms with E-state index in [0.717, 1.165) is 31.2 Å². The molecule has 0 spiro atoms. The van der Waals surface area contributed by atoms with Crippen molar-refractivity contribution in [1.29, 1.82) is 0 Å². The molecule has 0 bridgehead atoms. The number of ether oxygens (including phenoxy) is 1. The predicted octanol–water partition coefficient (Wildman–Crippen LogP) is 4.64. The minimum absolute atomic E-state index is 0.0318. The van der Waals surface area contributed by atoms with Crippen molar-refractivity contribution in [1.82, 2.24) is 15.0 Å². The van der Waals surface area contributed by atoms with Gasteiger partial charge in [0, 0.05) is 18.2 Å². The van der Waals surface area contributed by atoms with E-state index in [1.54, 1.807) is 18.2 Å². The molecular weight excluding hydrogens is 466 g/mol. The highest BCUT2D eigenvalue weighted by Crippen LogP contribution is 2.39. The first kappa shape index (κ1) is 23.7. The second-order valence-corrected chi connectivity index (χ2v) is 12.5. The maximum Gasteiger partial charge on any atom is 0.228 e. The number of carbonyl (C=O) groups is 1. The van der Waals surface area contributed by atoms with Gasteiger partial charge in [-0.3, -0.25) is 4.79 Å². The second-order valence-electron chi connectivity index (χ2n) is 10.5. The van der Waals surface area contributed by atoms with E-state index in [0.29, 0.717) is 40.8 Å². The summed E-state index contributed by atoms with van der Waals surface area (Å²) in [7, 11) is -3.55. The number of imidazole rings is 1. The number of nitrogens with one attached hydrogen (secondary N) is 3. The van der Waals surface area contributed by atoms with Gasteiger partial charge in [0.2, 0.25) is 5.91 Å². The smallest absolute Gasteiger partial charge is 0.228 e. The number of rotatable bonds is 6. The number of hydrogen-bond acceptors (Lipinski definition) is 7. The third-order valence-electron chi connectivity index (χ3n) is 6.58. The van der Waals surface area contributed by atoms with Crippen LogP contribution >= 0.6 is 0 Å². The van der Waals surface area contributed by atoms with Crippen LogP contribution in [0.2, 0.25) is 0 Å². The molecule has 1 aliphatic heterocycles. The molecule has 3 aromatic rings. The van der Waals surface area contributed by atoms with Crippen LogP contribution < -0.4 is 10.6 Å². The Balaban J connectivity index is 1.50. The van der Waals surface area contributed by atoms with Crippen LogP contribution in [0.3, 0.4) is 0 Å². The van der Waals surface area contributed by atoms with Gasteiger partial charge in [-0.15, -0.1) is 0 Å². The molecule has 1 amide bonds. The van der Waals surface area contributed by atoms with Crippen molar-refractivity contribution < 1.29 is 17.9 Å². The van der Waals surface area contributed by atoms with E-state index in [1.165, 1.54) is 6.26 Å². The lowest BCUT2D eigenvalue weighted by Crippen LogP contribution is -2.27. The first-order valence-corrected chi connectivity index (χ1v) is 13.8. The van der Waals surface area contributed by atoms with Gasteiger partial charge >= 0.3 is 0 Å². The fraction of sp³-hybridized carbons (Fsp3) is 0.480. The lowest BCUT2D eigenvalue weighted by Gasteiger charge is -2.34. The Morgan fingerprint density at radius 2 is 1.91 bits per heavy atom. The van der Waals surface area contributed by atoms with Gasteiger partial charge < -0.3 is 20.4 Å². The molecule has 10 heteroatoms. The molecule has 1 saturated heterocycles. The SMILES string of the molecule is Cc1nc2c(Nc3ccc(C4CCC(C)(C)CO4)cc3S(C)(=O)=O)cc(NC(=O)C3CC3)nc2[nH]1. The lowest BCUT2D eigenvalue weighted by atomic mass is 9.84. The highest BCUT2D eigenvalue weighted by molar-refractivity contribution is 7.90. The molecule has 2 aromatic heterocycles. The van der Waals surface area contributed by atoms with Gasteiger partial charge in [0.1, 0.15) is 17.2 Å². The average molecular weight is 498 g/mol. The summed E-state index contributed by atoms with van der Waals surface area (Å²) in [5.74, 6) is 1.02. The first-order valence-electron chi connectivity index (χ1n) is 11.9. The Morgan fingerprint density at radius 3 is 2.57 bits per heavy atom. The summed E-state index contributed by atoms with van der Waals surface area (Å²) in [6.45, 7) is 6.79. The summed E-state index contributed by atoms with van der Waals surface area (Å²) in [6, 6.07) is 7.06. The number of aromatic amines is 1. The molecule has 0 radical (unpaired) electrons. The maximum atomic E-state index is 12.8. The molecule has 3 heterocycles. The number of amides is 1. The van der Waals surface area contributed by atoms with Crippen molar-refractivity contribution in [3.05, 3.63) is 35.7 Å². The number of carbonyl (C=O) groups excluding carboxylic acids is 1. The molecule has 3 N–H and O–H groups in total. The van der Waals surface area contributed by atoms with Crippen LogP contribution in [-0.2, 0) is 19.4 Å². The van der Waals surface area contributed by atoms with Crippen molar-refractivity contribution in [2.75, 3.05) is 23.5 Å². The van der Waals surface area contributed by atoms with Crippen LogP contribution in [0.4, 0.5) is 17.2 Å². The number of hydrogen-bond donors (Lipinski definition) is 3. The summed E-state index contributed by atoms with van der Waals surface area (Å²) in [6.07, 6.45) is 4.68. The number of fused-ring (bicyclic) bond motifs is 1. The molecule has 2 fully saturated rings. The van der Waals surface area contributed by atoms with Gasteiger partial charge in [-0.1, -0.05) is 19.9 Å². The molecule has 186 valence electrons. The normalized spacial score (nSPS) is 20.1. The molecule has 2 aliphatic rings. The zero-order valence-corrected chi connectivity index (χ0v) is 21.3. The second kappa shape index (κ2) is 8.60. The van der Waals surface area contributed by atoms with Crippen LogP contribution in [0.5, 0.6) is 0 Å². The first-order chi connectivity index (χ1) is 16.5. The number of pyridine rings is 1. The molecule has 9 nitrogen and oxygen atoms in total. The molecule has 1 unspecified atom stereocenters. The van der Waals surface area contributed by atoms with E-state index < -0.39 is 9.84 Å². The summed E-state index contributed by atoms with van der Waals surface area (Å²) < 4.78 is 31.6. The number of nitrogens with zero attached hydrogens (tertiary/aromatic N) is 2. The van der Waals surface area contributed by atoms with E-state index in [4.69, 9.17) is 4.74 Å². The lowest BCUT2D eigenvalue weighted by molar-refractivity contribution is -0.117. The monoisotopic (exact) mass is 497 g/mol. The maximum absolute atomic E-state index is 12.8. The van der Waals surface area contributed by atoms with E-state index in [2.05, 4.69) is 39.4 Å². The largest absolute Gasteiger partial charge is 0.373 e. The van der Waals surface area contributed by atoms with E-state index in [-0.39, 0.29) is 28.2 Å². The molecule has 1 aromatic carbocycles. The number of aryl methyl sites for hydroxylation is 1. The quantitative estimate of drug-likeness (QED) is 0.453. The minimum Gasteiger partial charge on any atom is -0.373 e. The Morgan fingerprint density at radius 1 is 1.14 bits per heavy atom. The molecule has 1 saturated carbocycles. The molecular formula is C25H31N5O4S. The third-order valence-corrected chi connectivity index (χ3v) is 7.71. The third kappa shape index (κ3) is 5.18. The number of H-pyrrole nitrogens is 1. The fourth-order valence-corrected chi connectivity index (χ4v) is 5.27.